The molecule has 2 heterocycles. The highest BCUT2D eigenvalue weighted by molar-refractivity contribution is 5.89. The van der Waals surface area contributed by atoms with E-state index < -0.39 is 0 Å². The van der Waals surface area contributed by atoms with Crippen molar-refractivity contribution in [1.82, 2.24) is 9.97 Å². The summed E-state index contributed by atoms with van der Waals surface area (Å²) in [6.07, 6.45) is 0. The summed E-state index contributed by atoms with van der Waals surface area (Å²) in [5, 5.41) is 0. The number of fused-ring (bicyclic) bond motifs is 2. The van der Waals surface area contributed by atoms with Crippen molar-refractivity contribution in [3.8, 4) is 0 Å². The van der Waals surface area contributed by atoms with E-state index in [1.165, 1.54) is 11.3 Å². The Kier molecular flexibility index (Phi) is 3.65. The van der Waals surface area contributed by atoms with Gasteiger partial charge in [0.05, 0.1) is 35.3 Å². The van der Waals surface area contributed by atoms with Gasteiger partial charge >= 0.3 is 0 Å². The third kappa shape index (κ3) is 2.71. The molecule has 124 valence electrons. The molecule has 0 saturated carbocycles. The fourth-order valence-electron chi connectivity index (χ4n) is 3.32. The summed E-state index contributed by atoms with van der Waals surface area (Å²) in [6.45, 7) is 10.2. The van der Waals surface area contributed by atoms with E-state index in [0.29, 0.717) is 0 Å². The fourth-order valence-corrected chi connectivity index (χ4v) is 3.32. The van der Waals surface area contributed by atoms with E-state index in [0.717, 1.165) is 48.4 Å². The second-order valence-corrected chi connectivity index (χ2v) is 7.42. The predicted molar refractivity (Wildman–Crippen MR) is 98.8 cm³/mol. The SMILES string of the molecule is CC(C)(C)c1cc2nc3ccccc3nc2cc1N1CCOCC1. The molecule has 0 aliphatic carbocycles. The lowest BCUT2D eigenvalue weighted by atomic mass is 9.85. The van der Waals surface area contributed by atoms with Crippen LogP contribution in [0.1, 0.15) is 26.3 Å². The van der Waals surface area contributed by atoms with E-state index >= 15 is 0 Å². The molecule has 1 fully saturated rings. The van der Waals surface area contributed by atoms with Crippen molar-refractivity contribution in [2.24, 2.45) is 0 Å². The molecule has 0 amide bonds. The Bertz CT molecular complexity index is 892. The highest BCUT2D eigenvalue weighted by atomic mass is 16.5. The van der Waals surface area contributed by atoms with Crippen molar-refractivity contribution in [2.75, 3.05) is 31.2 Å². The minimum Gasteiger partial charge on any atom is -0.378 e. The maximum absolute atomic E-state index is 5.52. The Labute approximate surface area is 142 Å². The van der Waals surface area contributed by atoms with Crippen LogP contribution in [0.25, 0.3) is 22.1 Å². The number of nitrogens with zero attached hydrogens (tertiary/aromatic N) is 3. The first kappa shape index (κ1) is 15.3. The lowest BCUT2D eigenvalue weighted by Crippen LogP contribution is -2.37. The molecule has 0 unspecified atom stereocenters. The van der Waals surface area contributed by atoms with E-state index in [1.54, 1.807) is 0 Å². The van der Waals surface area contributed by atoms with Crippen molar-refractivity contribution < 1.29 is 4.74 Å². The topological polar surface area (TPSA) is 38.2 Å². The van der Waals surface area contributed by atoms with Crippen molar-refractivity contribution in [2.45, 2.75) is 26.2 Å². The van der Waals surface area contributed by atoms with Crippen LogP contribution in [0.5, 0.6) is 0 Å². The summed E-state index contributed by atoms with van der Waals surface area (Å²) >= 11 is 0. The number of hydrogen-bond donors (Lipinski definition) is 0. The Morgan fingerprint density at radius 3 is 2.04 bits per heavy atom. The van der Waals surface area contributed by atoms with Gasteiger partial charge in [0.25, 0.3) is 0 Å². The summed E-state index contributed by atoms with van der Waals surface area (Å²) in [4.78, 5) is 12.1. The minimum atomic E-state index is 0.0507. The van der Waals surface area contributed by atoms with Gasteiger partial charge in [-0.05, 0) is 35.2 Å². The van der Waals surface area contributed by atoms with Crippen LogP contribution in [0.15, 0.2) is 36.4 Å². The summed E-state index contributed by atoms with van der Waals surface area (Å²) in [6, 6.07) is 12.5. The van der Waals surface area contributed by atoms with Gasteiger partial charge in [0.15, 0.2) is 0 Å². The second kappa shape index (κ2) is 5.71. The molecule has 1 aromatic heterocycles. The largest absolute Gasteiger partial charge is 0.378 e. The highest BCUT2D eigenvalue weighted by Crippen LogP contribution is 2.35. The molecule has 0 atom stereocenters. The molecule has 4 nitrogen and oxygen atoms in total. The number of ether oxygens (including phenoxy) is 1. The van der Waals surface area contributed by atoms with Crippen molar-refractivity contribution in [1.29, 1.82) is 0 Å². The van der Waals surface area contributed by atoms with E-state index in [9.17, 15) is 0 Å². The number of benzene rings is 2. The van der Waals surface area contributed by atoms with Crippen LogP contribution in [-0.2, 0) is 10.2 Å². The minimum absolute atomic E-state index is 0.0507. The standard InChI is InChI=1S/C20H23N3O/c1-20(2,3)14-12-17-18(13-19(14)23-8-10-24-11-9-23)22-16-7-5-4-6-15(16)21-17/h4-7,12-13H,8-11H2,1-3H3. The zero-order valence-electron chi connectivity index (χ0n) is 14.5. The average Bonchev–Trinajstić information content (AvgIpc) is 2.59. The third-order valence-electron chi connectivity index (χ3n) is 4.62. The monoisotopic (exact) mass is 321 g/mol. The van der Waals surface area contributed by atoms with E-state index in [1.807, 2.05) is 24.3 Å². The van der Waals surface area contributed by atoms with Gasteiger partial charge in [0.1, 0.15) is 0 Å². The van der Waals surface area contributed by atoms with Crippen molar-refractivity contribution >= 4 is 27.8 Å². The summed E-state index contributed by atoms with van der Waals surface area (Å²) in [5.74, 6) is 0. The van der Waals surface area contributed by atoms with Crippen LogP contribution >= 0.6 is 0 Å². The van der Waals surface area contributed by atoms with Crippen LogP contribution in [0.2, 0.25) is 0 Å². The maximum atomic E-state index is 5.52. The number of para-hydroxylation sites is 2. The van der Waals surface area contributed by atoms with Gasteiger partial charge in [-0.2, -0.15) is 0 Å². The molecule has 24 heavy (non-hydrogen) atoms. The molecule has 0 spiro atoms. The van der Waals surface area contributed by atoms with Gasteiger partial charge in [-0.15, -0.1) is 0 Å². The van der Waals surface area contributed by atoms with Crippen LogP contribution in [0.4, 0.5) is 5.69 Å². The maximum Gasteiger partial charge on any atom is 0.0915 e. The summed E-state index contributed by atoms with van der Waals surface area (Å²) in [7, 11) is 0. The van der Waals surface area contributed by atoms with Crippen molar-refractivity contribution in [3.05, 3.63) is 42.0 Å². The van der Waals surface area contributed by atoms with Crippen molar-refractivity contribution in [3.63, 3.8) is 0 Å². The molecule has 1 aliphatic rings. The summed E-state index contributed by atoms with van der Waals surface area (Å²) < 4.78 is 5.52. The Hall–Kier alpha value is -2.20. The number of hydrogen-bond acceptors (Lipinski definition) is 4. The first-order valence-electron chi connectivity index (χ1n) is 8.56. The third-order valence-corrected chi connectivity index (χ3v) is 4.62. The van der Waals surface area contributed by atoms with E-state index in [2.05, 4.69) is 37.8 Å². The van der Waals surface area contributed by atoms with Crippen LogP contribution in [0, 0.1) is 0 Å². The number of anilines is 1. The van der Waals surface area contributed by atoms with Crippen LogP contribution in [0.3, 0.4) is 0 Å². The molecule has 0 N–H and O–H groups in total. The fraction of sp³-hybridized carbons (Fsp3) is 0.400. The predicted octanol–water partition coefficient (Wildman–Crippen LogP) is 3.92. The number of aromatic nitrogens is 2. The lowest BCUT2D eigenvalue weighted by molar-refractivity contribution is 0.122. The van der Waals surface area contributed by atoms with Gasteiger partial charge in [0, 0.05) is 18.8 Å². The molecule has 0 bridgehead atoms. The normalized spacial score (nSPS) is 16.0. The molecule has 4 rings (SSSR count). The van der Waals surface area contributed by atoms with Crippen LogP contribution < -0.4 is 4.90 Å². The Balaban J connectivity index is 1.95. The molecule has 4 heteroatoms. The first-order valence-corrected chi connectivity index (χ1v) is 8.56. The molecule has 1 saturated heterocycles. The van der Waals surface area contributed by atoms with Gasteiger partial charge in [-0.1, -0.05) is 32.9 Å². The average molecular weight is 321 g/mol. The van der Waals surface area contributed by atoms with E-state index in [4.69, 9.17) is 14.7 Å². The zero-order chi connectivity index (χ0) is 16.7. The van der Waals surface area contributed by atoms with Gasteiger partial charge in [-0.3, -0.25) is 0 Å². The molecular formula is C20H23N3O. The summed E-state index contributed by atoms with van der Waals surface area (Å²) in [5.41, 5.74) is 6.46. The Morgan fingerprint density at radius 1 is 0.875 bits per heavy atom. The molecule has 0 radical (unpaired) electrons. The lowest BCUT2D eigenvalue weighted by Gasteiger charge is -2.34. The number of morpholine rings is 1. The second-order valence-electron chi connectivity index (χ2n) is 7.42. The first-order chi connectivity index (χ1) is 11.5. The molecule has 1 aliphatic heterocycles. The van der Waals surface area contributed by atoms with Gasteiger partial charge in [0.2, 0.25) is 0 Å². The highest BCUT2D eigenvalue weighted by Gasteiger charge is 2.24. The molecule has 3 aromatic rings. The smallest absolute Gasteiger partial charge is 0.0915 e. The number of rotatable bonds is 1. The van der Waals surface area contributed by atoms with E-state index in [-0.39, 0.29) is 5.41 Å². The zero-order valence-corrected chi connectivity index (χ0v) is 14.5. The Morgan fingerprint density at radius 2 is 1.46 bits per heavy atom. The molecular weight excluding hydrogens is 298 g/mol. The van der Waals surface area contributed by atoms with Gasteiger partial charge < -0.3 is 9.64 Å². The van der Waals surface area contributed by atoms with Crippen LogP contribution in [-0.4, -0.2) is 36.3 Å². The molecule has 2 aromatic carbocycles. The quantitative estimate of drug-likeness (QED) is 0.637. The van der Waals surface area contributed by atoms with Gasteiger partial charge in [-0.25, -0.2) is 9.97 Å².